The Hall–Kier alpha value is -1.84. The fourth-order valence-corrected chi connectivity index (χ4v) is 2.79. The van der Waals surface area contributed by atoms with Crippen LogP contribution in [0.25, 0.3) is 0 Å². The third-order valence-corrected chi connectivity index (χ3v) is 4.32. The van der Waals surface area contributed by atoms with E-state index in [0.717, 1.165) is 5.56 Å². The summed E-state index contributed by atoms with van der Waals surface area (Å²) < 4.78 is 0. The van der Waals surface area contributed by atoms with Crippen molar-refractivity contribution in [2.24, 2.45) is 5.92 Å². The highest BCUT2D eigenvalue weighted by Gasteiger charge is 2.33. The molecular formula is C17H23NO3. The maximum atomic E-state index is 12.4. The monoisotopic (exact) mass is 289 g/mol. The molecule has 114 valence electrons. The number of hydrogen-bond acceptors (Lipinski definition) is 2. The Morgan fingerprint density at radius 1 is 1.29 bits per heavy atom. The fourth-order valence-electron chi connectivity index (χ4n) is 2.79. The molecule has 1 aliphatic rings. The summed E-state index contributed by atoms with van der Waals surface area (Å²) >= 11 is 0. The molecule has 1 saturated heterocycles. The van der Waals surface area contributed by atoms with E-state index in [9.17, 15) is 9.59 Å². The molecule has 2 rings (SSSR count). The van der Waals surface area contributed by atoms with Crippen LogP contribution in [0.3, 0.4) is 0 Å². The zero-order chi connectivity index (χ0) is 15.6. The molecule has 0 saturated carbocycles. The van der Waals surface area contributed by atoms with Crippen LogP contribution in [0, 0.1) is 12.8 Å². The molecule has 4 nitrogen and oxygen atoms in total. The molecule has 0 spiro atoms. The number of aryl methyl sites for hydroxylation is 1. The number of carbonyl (C=O) groups excluding carboxylic acids is 1. The number of benzene rings is 1. The van der Waals surface area contributed by atoms with Crippen LogP contribution in [0.4, 0.5) is 0 Å². The zero-order valence-corrected chi connectivity index (χ0v) is 12.9. The maximum absolute atomic E-state index is 12.4. The summed E-state index contributed by atoms with van der Waals surface area (Å²) in [5.41, 5.74) is 2.09. The minimum atomic E-state index is -0.803. The standard InChI is InChI=1S/C17H23NO3/c1-12-4-6-14(7-5-12)17(2,3)10-15(19)18-9-8-13(11-18)16(20)21/h4-7,13H,8-11H2,1-3H3,(H,20,21)/t13-/m0/s1. The van der Waals surface area contributed by atoms with E-state index in [2.05, 4.69) is 38.1 Å². The highest BCUT2D eigenvalue weighted by Crippen LogP contribution is 2.29. The van der Waals surface area contributed by atoms with Crippen molar-refractivity contribution in [2.75, 3.05) is 13.1 Å². The molecule has 1 amide bonds. The molecule has 1 N–H and O–H groups in total. The van der Waals surface area contributed by atoms with Crippen molar-refractivity contribution in [3.05, 3.63) is 35.4 Å². The fraction of sp³-hybridized carbons (Fsp3) is 0.529. The Kier molecular flexibility index (Phi) is 4.35. The first kappa shape index (κ1) is 15.5. The Bertz CT molecular complexity index is 533. The third kappa shape index (κ3) is 3.63. The van der Waals surface area contributed by atoms with Gasteiger partial charge in [-0.25, -0.2) is 0 Å². The van der Waals surface area contributed by atoms with E-state index >= 15 is 0 Å². The second kappa shape index (κ2) is 5.88. The average molecular weight is 289 g/mol. The van der Waals surface area contributed by atoms with Crippen molar-refractivity contribution in [1.82, 2.24) is 4.90 Å². The largest absolute Gasteiger partial charge is 0.481 e. The summed E-state index contributed by atoms with van der Waals surface area (Å²) in [5, 5.41) is 9.01. The number of likely N-dealkylation sites (tertiary alicyclic amines) is 1. The lowest BCUT2D eigenvalue weighted by Crippen LogP contribution is -2.34. The number of aliphatic carboxylic acids is 1. The minimum Gasteiger partial charge on any atom is -0.481 e. The normalized spacial score (nSPS) is 18.8. The van der Waals surface area contributed by atoms with Gasteiger partial charge in [0.05, 0.1) is 5.92 Å². The molecule has 0 radical (unpaired) electrons. The van der Waals surface area contributed by atoms with E-state index in [0.29, 0.717) is 25.9 Å². The Morgan fingerprint density at radius 3 is 2.43 bits per heavy atom. The Morgan fingerprint density at radius 2 is 1.90 bits per heavy atom. The number of nitrogens with zero attached hydrogens (tertiary/aromatic N) is 1. The van der Waals surface area contributed by atoms with Gasteiger partial charge in [0.1, 0.15) is 0 Å². The van der Waals surface area contributed by atoms with E-state index in [4.69, 9.17) is 5.11 Å². The van der Waals surface area contributed by atoms with E-state index in [1.165, 1.54) is 5.56 Å². The molecule has 1 atom stereocenters. The van der Waals surface area contributed by atoms with Crippen molar-refractivity contribution < 1.29 is 14.7 Å². The predicted molar refractivity (Wildman–Crippen MR) is 81.1 cm³/mol. The van der Waals surface area contributed by atoms with Gasteiger partial charge in [-0.15, -0.1) is 0 Å². The molecule has 4 heteroatoms. The van der Waals surface area contributed by atoms with Gasteiger partial charge in [0.2, 0.25) is 5.91 Å². The lowest BCUT2D eigenvalue weighted by molar-refractivity contribution is -0.141. The van der Waals surface area contributed by atoms with Crippen molar-refractivity contribution in [3.63, 3.8) is 0 Å². The first-order chi connectivity index (χ1) is 9.79. The zero-order valence-electron chi connectivity index (χ0n) is 12.9. The van der Waals surface area contributed by atoms with Gasteiger partial charge >= 0.3 is 5.97 Å². The molecule has 1 heterocycles. The Labute approximate surface area is 125 Å². The minimum absolute atomic E-state index is 0.0457. The van der Waals surface area contributed by atoms with Crippen LogP contribution >= 0.6 is 0 Å². The number of rotatable bonds is 4. The maximum Gasteiger partial charge on any atom is 0.308 e. The molecule has 0 aliphatic carbocycles. The number of carbonyl (C=O) groups is 2. The SMILES string of the molecule is Cc1ccc(C(C)(C)CC(=O)N2CC[C@H](C(=O)O)C2)cc1. The van der Waals surface area contributed by atoms with Gasteiger partial charge in [-0.05, 0) is 24.3 Å². The van der Waals surface area contributed by atoms with Crippen LogP contribution in [0.5, 0.6) is 0 Å². The second-order valence-corrected chi connectivity index (χ2v) is 6.59. The van der Waals surface area contributed by atoms with E-state index in [1.54, 1.807) is 4.90 Å². The van der Waals surface area contributed by atoms with Crippen molar-refractivity contribution in [2.45, 2.75) is 39.0 Å². The number of hydrogen-bond donors (Lipinski definition) is 1. The van der Waals surface area contributed by atoms with Crippen LogP contribution < -0.4 is 0 Å². The smallest absolute Gasteiger partial charge is 0.308 e. The average Bonchev–Trinajstić information content (AvgIpc) is 2.88. The van der Waals surface area contributed by atoms with Crippen molar-refractivity contribution in [1.29, 1.82) is 0 Å². The van der Waals surface area contributed by atoms with E-state index in [-0.39, 0.29) is 11.3 Å². The first-order valence-electron chi connectivity index (χ1n) is 7.37. The molecular weight excluding hydrogens is 266 g/mol. The third-order valence-electron chi connectivity index (χ3n) is 4.32. The van der Waals surface area contributed by atoms with Crippen LogP contribution in [0.2, 0.25) is 0 Å². The predicted octanol–water partition coefficient (Wildman–Crippen LogP) is 2.60. The molecule has 0 bridgehead atoms. The van der Waals surface area contributed by atoms with Gasteiger partial charge < -0.3 is 10.0 Å². The van der Waals surface area contributed by atoms with Gasteiger partial charge in [0.15, 0.2) is 0 Å². The molecule has 0 aromatic heterocycles. The molecule has 21 heavy (non-hydrogen) atoms. The van der Waals surface area contributed by atoms with Crippen LogP contribution in [-0.2, 0) is 15.0 Å². The van der Waals surface area contributed by atoms with Gasteiger partial charge in [-0.2, -0.15) is 0 Å². The first-order valence-corrected chi connectivity index (χ1v) is 7.37. The van der Waals surface area contributed by atoms with Gasteiger partial charge in [0, 0.05) is 19.5 Å². The van der Waals surface area contributed by atoms with E-state index in [1.807, 2.05) is 6.92 Å². The molecule has 1 fully saturated rings. The topological polar surface area (TPSA) is 57.6 Å². The Balaban J connectivity index is 2.01. The summed E-state index contributed by atoms with van der Waals surface area (Å²) in [6.45, 7) is 7.05. The summed E-state index contributed by atoms with van der Waals surface area (Å²) in [6.07, 6.45) is 0.967. The lowest BCUT2D eigenvalue weighted by Gasteiger charge is -2.27. The second-order valence-electron chi connectivity index (χ2n) is 6.59. The van der Waals surface area contributed by atoms with Crippen LogP contribution in [0.15, 0.2) is 24.3 Å². The van der Waals surface area contributed by atoms with Crippen LogP contribution in [-0.4, -0.2) is 35.0 Å². The quantitative estimate of drug-likeness (QED) is 0.927. The molecule has 1 aromatic carbocycles. The molecule has 1 aromatic rings. The number of carboxylic acid groups (broad SMARTS) is 1. The number of amides is 1. The highest BCUT2D eigenvalue weighted by molar-refractivity contribution is 5.80. The van der Waals surface area contributed by atoms with Crippen molar-refractivity contribution in [3.8, 4) is 0 Å². The molecule has 0 unspecified atom stereocenters. The lowest BCUT2D eigenvalue weighted by atomic mass is 9.81. The highest BCUT2D eigenvalue weighted by atomic mass is 16.4. The summed E-state index contributed by atoms with van der Waals surface area (Å²) in [5.74, 6) is -1.16. The molecule has 1 aliphatic heterocycles. The number of carboxylic acids is 1. The van der Waals surface area contributed by atoms with Crippen molar-refractivity contribution >= 4 is 11.9 Å². The summed E-state index contributed by atoms with van der Waals surface area (Å²) in [6, 6.07) is 8.23. The van der Waals surface area contributed by atoms with Crippen LogP contribution in [0.1, 0.15) is 37.8 Å². The van der Waals surface area contributed by atoms with Gasteiger partial charge in [-0.3, -0.25) is 9.59 Å². The summed E-state index contributed by atoms with van der Waals surface area (Å²) in [7, 11) is 0. The summed E-state index contributed by atoms with van der Waals surface area (Å²) in [4.78, 5) is 25.1. The van der Waals surface area contributed by atoms with Gasteiger partial charge in [-0.1, -0.05) is 43.7 Å². The van der Waals surface area contributed by atoms with E-state index < -0.39 is 11.9 Å². The van der Waals surface area contributed by atoms with Gasteiger partial charge in [0.25, 0.3) is 0 Å².